The first-order chi connectivity index (χ1) is 9.33. The van der Waals surface area contributed by atoms with Gasteiger partial charge in [-0.1, -0.05) is 5.92 Å². The number of H-pyrrole nitrogens is 1. The highest BCUT2D eigenvalue weighted by molar-refractivity contribution is 5.81. The standard InChI is InChI=1S/C13H16N6/c14-12-11-13(17-8-16-11)19-10(18-12)3-1-2-9-4-6-15-7-5-9/h8-9,15H,2,4-7H2,(H3,14,16,17,18,19). The van der Waals surface area contributed by atoms with Crippen LogP contribution in [0, 0.1) is 17.8 Å². The molecule has 0 bridgehead atoms. The number of rotatable bonds is 1. The first kappa shape index (κ1) is 11.9. The van der Waals surface area contributed by atoms with Crippen LogP contribution in [0.25, 0.3) is 11.2 Å². The molecule has 0 aromatic carbocycles. The van der Waals surface area contributed by atoms with Crippen LogP contribution < -0.4 is 11.1 Å². The molecule has 1 fully saturated rings. The smallest absolute Gasteiger partial charge is 0.209 e. The lowest BCUT2D eigenvalue weighted by atomic mass is 9.95. The largest absolute Gasteiger partial charge is 0.382 e. The van der Waals surface area contributed by atoms with E-state index in [1.165, 1.54) is 12.8 Å². The zero-order valence-electron chi connectivity index (χ0n) is 10.6. The predicted octanol–water partition coefficient (Wildman–Crippen LogP) is 0.676. The van der Waals surface area contributed by atoms with E-state index in [0.717, 1.165) is 19.5 Å². The molecule has 0 radical (unpaired) electrons. The quantitative estimate of drug-likeness (QED) is 0.652. The number of aromatic amines is 1. The molecule has 0 aliphatic carbocycles. The SMILES string of the molecule is Nc1nc(C#CCC2CCNCC2)nc2nc[nH]c12. The molecule has 0 spiro atoms. The van der Waals surface area contributed by atoms with Gasteiger partial charge in [-0.2, -0.15) is 4.98 Å². The van der Waals surface area contributed by atoms with E-state index in [1.807, 2.05) is 0 Å². The maximum absolute atomic E-state index is 5.82. The van der Waals surface area contributed by atoms with Crippen LogP contribution in [0.2, 0.25) is 0 Å². The highest BCUT2D eigenvalue weighted by Crippen LogP contribution is 2.15. The molecule has 0 atom stereocenters. The Morgan fingerprint density at radius 1 is 1.32 bits per heavy atom. The van der Waals surface area contributed by atoms with Crippen molar-refractivity contribution in [2.75, 3.05) is 18.8 Å². The molecule has 1 aliphatic rings. The molecule has 98 valence electrons. The summed E-state index contributed by atoms with van der Waals surface area (Å²) in [6.45, 7) is 2.18. The number of fused-ring (bicyclic) bond motifs is 1. The fourth-order valence-electron chi connectivity index (χ4n) is 2.27. The molecular weight excluding hydrogens is 240 g/mol. The number of hydrogen-bond donors (Lipinski definition) is 3. The summed E-state index contributed by atoms with van der Waals surface area (Å²) in [5.74, 6) is 7.68. The summed E-state index contributed by atoms with van der Waals surface area (Å²) in [6, 6.07) is 0. The van der Waals surface area contributed by atoms with E-state index in [9.17, 15) is 0 Å². The van der Waals surface area contributed by atoms with Crippen molar-refractivity contribution in [2.24, 2.45) is 5.92 Å². The number of nitrogens with one attached hydrogen (secondary N) is 2. The number of imidazole rings is 1. The van der Waals surface area contributed by atoms with Crippen LogP contribution in [0.3, 0.4) is 0 Å². The van der Waals surface area contributed by atoms with Gasteiger partial charge in [-0.05, 0) is 37.8 Å². The number of hydrogen-bond acceptors (Lipinski definition) is 5. The second-order valence-corrected chi connectivity index (χ2v) is 4.73. The Labute approximate surface area is 111 Å². The van der Waals surface area contributed by atoms with Gasteiger partial charge in [-0.3, -0.25) is 0 Å². The summed E-state index contributed by atoms with van der Waals surface area (Å²) in [5.41, 5.74) is 7.06. The first-order valence-corrected chi connectivity index (χ1v) is 6.49. The van der Waals surface area contributed by atoms with Crippen LogP contribution in [0.15, 0.2) is 6.33 Å². The van der Waals surface area contributed by atoms with E-state index < -0.39 is 0 Å². The van der Waals surface area contributed by atoms with E-state index in [1.54, 1.807) is 6.33 Å². The van der Waals surface area contributed by atoms with Crippen molar-refractivity contribution in [1.82, 2.24) is 25.3 Å². The maximum atomic E-state index is 5.82. The number of aromatic nitrogens is 4. The number of piperidine rings is 1. The highest BCUT2D eigenvalue weighted by atomic mass is 15.0. The molecule has 19 heavy (non-hydrogen) atoms. The first-order valence-electron chi connectivity index (χ1n) is 6.49. The van der Waals surface area contributed by atoms with Gasteiger partial charge in [-0.15, -0.1) is 0 Å². The third-order valence-corrected chi connectivity index (χ3v) is 3.36. The number of nitrogens with two attached hydrogens (primary N) is 1. The molecule has 0 unspecified atom stereocenters. The van der Waals surface area contributed by atoms with Crippen LogP contribution in [0.5, 0.6) is 0 Å². The van der Waals surface area contributed by atoms with Gasteiger partial charge in [-0.25, -0.2) is 9.97 Å². The second kappa shape index (κ2) is 5.24. The topological polar surface area (TPSA) is 92.5 Å². The minimum absolute atomic E-state index is 0.397. The molecule has 1 saturated heterocycles. The molecular formula is C13H16N6. The zero-order chi connectivity index (χ0) is 13.1. The molecule has 4 N–H and O–H groups in total. The van der Waals surface area contributed by atoms with E-state index >= 15 is 0 Å². The van der Waals surface area contributed by atoms with Crippen LogP contribution in [0.1, 0.15) is 25.1 Å². The summed E-state index contributed by atoms with van der Waals surface area (Å²) >= 11 is 0. The van der Waals surface area contributed by atoms with Crippen molar-refractivity contribution < 1.29 is 0 Å². The Kier molecular flexibility index (Phi) is 3.29. The molecule has 6 nitrogen and oxygen atoms in total. The molecule has 3 rings (SSSR count). The van der Waals surface area contributed by atoms with Crippen LogP contribution in [-0.4, -0.2) is 33.0 Å². The van der Waals surface area contributed by atoms with Crippen LogP contribution in [-0.2, 0) is 0 Å². The maximum Gasteiger partial charge on any atom is 0.209 e. The molecule has 2 aromatic rings. The van der Waals surface area contributed by atoms with Gasteiger partial charge in [0.15, 0.2) is 11.5 Å². The van der Waals surface area contributed by atoms with E-state index in [-0.39, 0.29) is 0 Å². The highest BCUT2D eigenvalue weighted by Gasteiger charge is 2.11. The predicted molar refractivity (Wildman–Crippen MR) is 73.2 cm³/mol. The summed E-state index contributed by atoms with van der Waals surface area (Å²) in [4.78, 5) is 15.4. The van der Waals surface area contributed by atoms with Gasteiger partial charge in [0.2, 0.25) is 5.82 Å². The third kappa shape index (κ3) is 2.66. The van der Waals surface area contributed by atoms with E-state index in [2.05, 4.69) is 37.1 Å². The Hall–Kier alpha value is -2.13. The number of anilines is 1. The molecule has 0 saturated carbocycles. The van der Waals surface area contributed by atoms with Crippen LogP contribution in [0.4, 0.5) is 5.82 Å². The van der Waals surface area contributed by atoms with Crippen molar-refractivity contribution in [3.63, 3.8) is 0 Å². The molecule has 2 aromatic heterocycles. The summed E-state index contributed by atoms with van der Waals surface area (Å²) in [6.07, 6.45) is 4.83. The summed E-state index contributed by atoms with van der Waals surface area (Å²) in [7, 11) is 0. The lowest BCUT2D eigenvalue weighted by Gasteiger charge is -2.20. The normalized spacial score (nSPS) is 16.2. The monoisotopic (exact) mass is 256 g/mol. The zero-order valence-corrected chi connectivity index (χ0v) is 10.6. The van der Waals surface area contributed by atoms with Gasteiger partial charge in [0.1, 0.15) is 5.52 Å². The van der Waals surface area contributed by atoms with Crippen LogP contribution >= 0.6 is 0 Å². The van der Waals surface area contributed by atoms with E-state index in [4.69, 9.17) is 5.73 Å². The average molecular weight is 256 g/mol. The number of nitrogen functional groups attached to an aromatic ring is 1. The van der Waals surface area contributed by atoms with Crippen molar-refractivity contribution in [2.45, 2.75) is 19.3 Å². The van der Waals surface area contributed by atoms with Gasteiger partial charge in [0.25, 0.3) is 0 Å². The minimum Gasteiger partial charge on any atom is -0.382 e. The second-order valence-electron chi connectivity index (χ2n) is 4.73. The van der Waals surface area contributed by atoms with Crippen molar-refractivity contribution in [3.8, 4) is 11.8 Å². The molecule has 0 amide bonds. The Balaban J connectivity index is 1.74. The fraction of sp³-hybridized carbons (Fsp3) is 0.462. The van der Waals surface area contributed by atoms with Gasteiger partial charge in [0.05, 0.1) is 6.33 Å². The Bertz CT molecular complexity index is 629. The lowest BCUT2D eigenvalue weighted by Crippen LogP contribution is -2.27. The summed E-state index contributed by atoms with van der Waals surface area (Å²) in [5, 5.41) is 3.35. The molecule has 6 heteroatoms. The summed E-state index contributed by atoms with van der Waals surface area (Å²) < 4.78 is 0. The van der Waals surface area contributed by atoms with Gasteiger partial charge in [0, 0.05) is 6.42 Å². The average Bonchev–Trinajstić information content (AvgIpc) is 2.89. The minimum atomic E-state index is 0.397. The molecule has 3 heterocycles. The Morgan fingerprint density at radius 2 is 2.16 bits per heavy atom. The van der Waals surface area contributed by atoms with Crippen molar-refractivity contribution in [1.29, 1.82) is 0 Å². The number of nitrogens with zero attached hydrogens (tertiary/aromatic N) is 3. The Morgan fingerprint density at radius 3 is 3.00 bits per heavy atom. The van der Waals surface area contributed by atoms with E-state index in [0.29, 0.717) is 28.7 Å². The van der Waals surface area contributed by atoms with Crippen molar-refractivity contribution >= 4 is 17.0 Å². The molecule has 1 aliphatic heterocycles. The fourth-order valence-corrected chi connectivity index (χ4v) is 2.27. The van der Waals surface area contributed by atoms with Crippen molar-refractivity contribution in [3.05, 3.63) is 12.2 Å². The van der Waals surface area contributed by atoms with Gasteiger partial charge < -0.3 is 16.0 Å². The third-order valence-electron chi connectivity index (χ3n) is 3.36. The lowest BCUT2D eigenvalue weighted by molar-refractivity contribution is 0.381. The van der Waals surface area contributed by atoms with Gasteiger partial charge >= 0.3 is 0 Å².